The second kappa shape index (κ2) is 11.6. The maximum atomic E-state index is 13.9. The minimum atomic E-state index is -0.430. The maximum absolute atomic E-state index is 13.9. The summed E-state index contributed by atoms with van der Waals surface area (Å²) in [5, 5.41) is 11.0. The molecule has 4 aromatic rings. The van der Waals surface area contributed by atoms with Crippen LogP contribution >= 0.6 is 0 Å². The number of allylic oxidation sites excluding steroid dienone is 2. The molecular formula is C30H29FN4O3. The SMILES string of the molecule is COc1cccc(OCc2ccc(Cn3nc(NC(=O)NCC4=CCCC=C4F)c4ccccc43)cc2)c1. The number of amides is 2. The van der Waals surface area contributed by atoms with Gasteiger partial charge >= 0.3 is 6.03 Å². The number of anilines is 1. The van der Waals surface area contributed by atoms with Gasteiger partial charge in [-0.05, 0) is 54.3 Å². The highest BCUT2D eigenvalue weighted by Crippen LogP contribution is 2.24. The van der Waals surface area contributed by atoms with Gasteiger partial charge in [0.1, 0.15) is 23.9 Å². The molecular weight excluding hydrogens is 483 g/mol. The van der Waals surface area contributed by atoms with E-state index < -0.39 is 6.03 Å². The smallest absolute Gasteiger partial charge is 0.320 e. The molecule has 0 spiro atoms. The molecule has 194 valence electrons. The number of hydrogen-bond acceptors (Lipinski definition) is 4. The van der Waals surface area contributed by atoms with Gasteiger partial charge in [0.25, 0.3) is 0 Å². The van der Waals surface area contributed by atoms with Crippen molar-refractivity contribution in [2.24, 2.45) is 0 Å². The van der Waals surface area contributed by atoms with Gasteiger partial charge in [0.15, 0.2) is 5.82 Å². The molecule has 3 aromatic carbocycles. The number of carbonyl (C=O) groups is 1. The summed E-state index contributed by atoms with van der Waals surface area (Å²) < 4.78 is 26.9. The number of nitrogens with one attached hydrogen (secondary N) is 2. The zero-order valence-electron chi connectivity index (χ0n) is 21.1. The largest absolute Gasteiger partial charge is 0.497 e. The predicted molar refractivity (Wildman–Crippen MR) is 146 cm³/mol. The van der Waals surface area contributed by atoms with E-state index in [2.05, 4.69) is 15.7 Å². The van der Waals surface area contributed by atoms with Crippen molar-refractivity contribution in [1.82, 2.24) is 15.1 Å². The van der Waals surface area contributed by atoms with E-state index in [1.165, 1.54) is 0 Å². The molecule has 0 fully saturated rings. The molecule has 1 aliphatic rings. The molecule has 1 heterocycles. The zero-order valence-corrected chi connectivity index (χ0v) is 21.1. The normalized spacial score (nSPS) is 13.0. The van der Waals surface area contributed by atoms with Crippen LogP contribution in [0, 0.1) is 0 Å². The number of carbonyl (C=O) groups excluding carboxylic acids is 1. The summed E-state index contributed by atoms with van der Waals surface area (Å²) in [5.41, 5.74) is 3.50. The summed E-state index contributed by atoms with van der Waals surface area (Å²) in [6.45, 7) is 1.10. The Bertz CT molecular complexity index is 1490. The molecule has 0 unspecified atom stereocenters. The fraction of sp³-hybridized carbons (Fsp3) is 0.200. The van der Waals surface area contributed by atoms with Gasteiger partial charge < -0.3 is 14.8 Å². The second-order valence-electron chi connectivity index (χ2n) is 8.97. The highest BCUT2D eigenvalue weighted by atomic mass is 19.1. The lowest BCUT2D eigenvalue weighted by Gasteiger charge is -2.11. The maximum Gasteiger partial charge on any atom is 0.320 e. The average Bonchev–Trinajstić information content (AvgIpc) is 3.29. The summed E-state index contributed by atoms with van der Waals surface area (Å²) in [6, 6.07) is 23.0. The summed E-state index contributed by atoms with van der Waals surface area (Å²) >= 11 is 0. The van der Waals surface area contributed by atoms with Gasteiger partial charge in [-0.15, -0.1) is 0 Å². The van der Waals surface area contributed by atoms with Crippen LogP contribution in [0.25, 0.3) is 10.9 Å². The summed E-state index contributed by atoms with van der Waals surface area (Å²) in [7, 11) is 1.63. The van der Waals surface area contributed by atoms with Gasteiger partial charge in [-0.25, -0.2) is 9.18 Å². The van der Waals surface area contributed by atoms with Gasteiger partial charge in [-0.1, -0.05) is 48.5 Å². The van der Waals surface area contributed by atoms with E-state index in [1.54, 1.807) is 13.2 Å². The van der Waals surface area contributed by atoms with Gasteiger partial charge in [-0.3, -0.25) is 10.00 Å². The van der Waals surface area contributed by atoms with Crippen molar-refractivity contribution in [3.63, 3.8) is 0 Å². The molecule has 2 N–H and O–H groups in total. The average molecular weight is 513 g/mol. The Morgan fingerprint density at radius 2 is 1.74 bits per heavy atom. The number of aromatic nitrogens is 2. The van der Waals surface area contributed by atoms with Crippen LogP contribution in [0.2, 0.25) is 0 Å². The molecule has 0 atom stereocenters. The lowest BCUT2D eigenvalue weighted by molar-refractivity contribution is 0.252. The van der Waals surface area contributed by atoms with Gasteiger partial charge in [-0.2, -0.15) is 5.10 Å². The monoisotopic (exact) mass is 512 g/mol. The molecule has 0 saturated heterocycles. The molecule has 38 heavy (non-hydrogen) atoms. The lowest BCUT2D eigenvalue weighted by Crippen LogP contribution is -2.31. The van der Waals surface area contributed by atoms with Crippen molar-refractivity contribution < 1.29 is 18.7 Å². The van der Waals surface area contributed by atoms with Crippen LogP contribution in [0.3, 0.4) is 0 Å². The number of nitrogens with zero attached hydrogens (tertiary/aromatic N) is 2. The highest BCUT2D eigenvalue weighted by molar-refractivity contribution is 5.99. The number of urea groups is 1. The molecule has 5 rings (SSSR count). The standard InChI is InChI=1S/C30H29FN4O3/c1-37-24-8-6-9-25(17-24)38-20-22-15-13-21(14-16-22)19-35-28-12-5-3-10-26(28)29(34-35)33-30(36)32-18-23-7-2-4-11-27(23)31/h3,5-17H,2,4,18-20H2,1H3,(H2,32,33,34,36). The molecule has 0 aliphatic heterocycles. The third kappa shape index (κ3) is 6.03. The number of fused-ring (bicyclic) bond motifs is 1. The van der Waals surface area contributed by atoms with Gasteiger partial charge in [0, 0.05) is 23.6 Å². The zero-order chi connectivity index (χ0) is 26.3. The van der Waals surface area contributed by atoms with Crippen molar-refractivity contribution in [3.05, 3.63) is 107 Å². The van der Waals surface area contributed by atoms with E-state index in [-0.39, 0.29) is 12.4 Å². The van der Waals surface area contributed by atoms with Crippen LogP contribution in [-0.2, 0) is 13.2 Å². The topological polar surface area (TPSA) is 77.4 Å². The second-order valence-corrected chi connectivity index (χ2v) is 8.97. The van der Waals surface area contributed by atoms with Crippen LogP contribution in [0.1, 0.15) is 24.0 Å². The van der Waals surface area contributed by atoms with E-state index in [0.29, 0.717) is 31.0 Å². The molecule has 0 saturated carbocycles. The van der Waals surface area contributed by atoms with Crippen molar-refractivity contribution >= 4 is 22.8 Å². The van der Waals surface area contributed by atoms with Crippen molar-refractivity contribution in [1.29, 1.82) is 0 Å². The Labute approximate surface area is 220 Å². The Kier molecular flexibility index (Phi) is 7.68. The van der Waals surface area contributed by atoms with Crippen LogP contribution in [0.5, 0.6) is 11.5 Å². The van der Waals surface area contributed by atoms with Crippen LogP contribution < -0.4 is 20.1 Å². The first-order valence-corrected chi connectivity index (χ1v) is 12.5. The number of methoxy groups -OCH3 is 1. The molecule has 7 nitrogen and oxygen atoms in total. The number of rotatable bonds is 9. The molecule has 8 heteroatoms. The predicted octanol–water partition coefficient (Wildman–Crippen LogP) is 6.37. The summed E-state index contributed by atoms with van der Waals surface area (Å²) in [6.07, 6.45) is 4.82. The van der Waals surface area contributed by atoms with E-state index >= 15 is 0 Å². The van der Waals surface area contributed by atoms with E-state index in [1.807, 2.05) is 83.6 Å². The number of halogens is 1. The van der Waals surface area contributed by atoms with Crippen molar-refractivity contribution in [2.75, 3.05) is 19.0 Å². The molecule has 1 aromatic heterocycles. The lowest BCUT2D eigenvalue weighted by atomic mass is 10.1. The van der Waals surface area contributed by atoms with Crippen molar-refractivity contribution in [2.45, 2.75) is 26.0 Å². The first-order valence-electron chi connectivity index (χ1n) is 12.5. The molecule has 2 amide bonds. The van der Waals surface area contributed by atoms with Crippen LogP contribution in [-0.4, -0.2) is 29.5 Å². The summed E-state index contributed by atoms with van der Waals surface area (Å²) in [4.78, 5) is 12.6. The number of hydrogen-bond donors (Lipinski definition) is 2. The minimum Gasteiger partial charge on any atom is -0.497 e. The number of ether oxygens (including phenoxy) is 2. The third-order valence-corrected chi connectivity index (χ3v) is 6.32. The fourth-order valence-electron chi connectivity index (χ4n) is 4.29. The molecule has 0 bridgehead atoms. The van der Waals surface area contributed by atoms with Crippen LogP contribution in [0.4, 0.5) is 15.0 Å². The van der Waals surface area contributed by atoms with Crippen molar-refractivity contribution in [3.8, 4) is 11.5 Å². The fourth-order valence-corrected chi connectivity index (χ4v) is 4.29. The summed E-state index contributed by atoms with van der Waals surface area (Å²) in [5.74, 6) is 1.68. The van der Waals surface area contributed by atoms with E-state index in [0.717, 1.165) is 39.9 Å². The Morgan fingerprint density at radius 3 is 2.55 bits per heavy atom. The molecule has 1 aliphatic carbocycles. The van der Waals surface area contributed by atoms with E-state index in [9.17, 15) is 9.18 Å². The Morgan fingerprint density at radius 1 is 0.974 bits per heavy atom. The minimum absolute atomic E-state index is 0.126. The van der Waals surface area contributed by atoms with E-state index in [4.69, 9.17) is 9.47 Å². The number of benzene rings is 3. The Hall–Kier alpha value is -4.59. The van der Waals surface area contributed by atoms with Gasteiger partial charge in [0.05, 0.1) is 19.2 Å². The number of para-hydroxylation sites is 1. The first-order chi connectivity index (χ1) is 18.6. The van der Waals surface area contributed by atoms with Gasteiger partial charge in [0.2, 0.25) is 0 Å². The highest BCUT2D eigenvalue weighted by Gasteiger charge is 2.15. The third-order valence-electron chi connectivity index (χ3n) is 6.32. The first kappa shape index (κ1) is 25.1. The molecule has 0 radical (unpaired) electrons. The van der Waals surface area contributed by atoms with Crippen LogP contribution in [0.15, 0.2) is 96.3 Å². The Balaban J connectivity index is 1.23. The quantitative estimate of drug-likeness (QED) is 0.273.